The topological polar surface area (TPSA) is 64.6 Å². The Hall–Kier alpha value is -0.810. The molecule has 2 rings (SSSR count). The molecule has 134 valence electrons. The van der Waals surface area contributed by atoms with Crippen LogP contribution in [0.5, 0.6) is 0 Å². The van der Waals surface area contributed by atoms with Gasteiger partial charge in [-0.2, -0.15) is 0 Å². The van der Waals surface area contributed by atoms with Crippen molar-refractivity contribution in [2.24, 2.45) is 5.41 Å². The number of carbonyl (C=O) groups is 1. The van der Waals surface area contributed by atoms with Crippen molar-refractivity contribution in [3.8, 4) is 0 Å². The van der Waals surface area contributed by atoms with Gasteiger partial charge in [0.1, 0.15) is 0 Å². The van der Waals surface area contributed by atoms with Crippen molar-refractivity contribution in [2.45, 2.75) is 77.3 Å². The Morgan fingerprint density at radius 2 is 1.91 bits per heavy atom. The monoisotopic (exact) mass is 325 g/mol. The van der Waals surface area contributed by atoms with Crippen LogP contribution in [0.15, 0.2) is 0 Å². The summed E-state index contributed by atoms with van der Waals surface area (Å²) in [5, 5.41) is 15.2. The SMILES string of the molecule is CC(C)(CCO)CNC(=O)NC1CCCN(C2CCCCC2)C1. The number of rotatable bonds is 6. The lowest BCUT2D eigenvalue weighted by Gasteiger charge is -2.40. The minimum Gasteiger partial charge on any atom is -0.396 e. The van der Waals surface area contributed by atoms with Crippen LogP contribution >= 0.6 is 0 Å². The molecule has 0 radical (unpaired) electrons. The number of urea groups is 1. The number of hydrogen-bond acceptors (Lipinski definition) is 3. The third-order valence-corrected chi connectivity index (χ3v) is 5.40. The molecule has 23 heavy (non-hydrogen) atoms. The number of piperidine rings is 1. The number of carbonyl (C=O) groups excluding carboxylic acids is 1. The van der Waals surface area contributed by atoms with Crippen LogP contribution in [-0.4, -0.2) is 54.4 Å². The Morgan fingerprint density at radius 1 is 1.17 bits per heavy atom. The molecule has 5 nitrogen and oxygen atoms in total. The number of likely N-dealkylation sites (tertiary alicyclic amines) is 1. The van der Waals surface area contributed by atoms with Crippen molar-refractivity contribution in [1.82, 2.24) is 15.5 Å². The van der Waals surface area contributed by atoms with Gasteiger partial charge < -0.3 is 15.7 Å². The van der Waals surface area contributed by atoms with E-state index in [1.165, 1.54) is 45.1 Å². The summed E-state index contributed by atoms with van der Waals surface area (Å²) < 4.78 is 0. The van der Waals surface area contributed by atoms with Crippen molar-refractivity contribution >= 4 is 6.03 Å². The van der Waals surface area contributed by atoms with Gasteiger partial charge in [-0.05, 0) is 44.1 Å². The van der Waals surface area contributed by atoms with Gasteiger partial charge in [0.15, 0.2) is 0 Å². The molecule has 0 aromatic rings. The summed E-state index contributed by atoms with van der Waals surface area (Å²) in [6, 6.07) is 0.943. The van der Waals surface area contributed by atoms with Gasteiger partial charge in [0, 0.05) is 31.8 Å². The average molecular weight is 325 g/mol. The predicted octanol–water partition coefficient (Wildman–Crippen LogP) is 2.49. The van der Waals surface area contributed by atoms with Crippen molar-refractivity contribution in [1.29, 1.82) is 0 Å². The van der Waals surface area contributed by atoms with Gasteiger partial charge in [0.25, 0.3) is 0 Å². The lowest BCUT2D eigenvalue weighted by molar-refractivity contribution is 0.111. The third-order valence-electron chi connectivity index (χ3n) is 5.40. The molecular formula is C18H35N3O2. The van der Waals surface area contributed by atoms with Gasteiger partial charge in [-0.1, -0.05) is 33.1 Å². The molecule has 1 aliphatic carbocycles. The first-order valence-electron chi connectivity index (χ1n) is 9.39. The van der Waals surface area contributed by atoms with E-state index in [1.54, 1.807) is 0 Å². The maximum atomic E-state index is 12.1. The summed E-state index contributed by atoms with van der Waals surface area (Å²) in [7, 11) is 0. The van der Waals surface area contributed by atoms with E-state index in [9.17, 15) is 4.79 Å². The number of nitrogens with one attached hydrogen (secondary N) is 2. The highest BCUT2D eigenvalue weighted by molar-refractivity contribution is 5.74. The first-order valence-corrected chi connectivity index (χ1v) is 9.39. The molecule has 0 aromatic heterocycles. The summed E-state index contributed by atoms with van der Waals surface area (Å²) in [6.07, 6.45) is 9.72. The lowest BCUT2D eigenvalue weighted by atomic mass is 9.90. The minimum atomic E-state index is -0.0634. The second kappa shape index (κ2) is 8.88. The molecule has 1 atom stereocenters. The van der Waals surface area contributed by atoms with E-state index in [0.29, 0.717) is 13.0 Å². The first kappa shape index (κ1) is 18.5. The Kier molecular flexibility index (Phi) is 7.15. The summed E-state index contributed by atoms with van der Waals surface area (Å²) in [5.74, 6) is 0. The highest BCUT2D eigenvalue weighted by atomic mass is 16.3. The van der Waals surface area contributed by atoms with Crippen LogP contribution in [0.3, 0.4) is 0 Å². The second-order valence-corrected chi connectivity index (χ2v) is 8.09. The number of hydrogen-bond donors (Lipinski definition) is 3. The molecule has 1 unspecified atom stereocenters. The van der Waals surface area contributed by atoms with Gasteiger partial charge in [-0.25, -0.2) is 4.79 Å². The van der Waals surface area contributed by atoms with Crippen molar-refractivity contribution in [2.75, 3.05) is 26.2 Å². The fourth-order valence-corrected chi connectivity index (χ4v) is 3.85. The summed E-state index contributed by atoms with van der Waals surface area (Å²) >= 11 is 0. The molecule has 1 saturated carbocycles. The van der Waals surface area contributed by atoms with E-state index in [4.69, 9.17) is 5.11 Å². The van der Waals surface area contributed by atoms with Gasteiger partial charge in [0.05, 0.1) is 0 Å². The van der Waals surface area contributed by atoms with Gasteiger partial charge >= 0.3 is 6.03 Å². The molecule has 2 amide bonds. The van der Waals surface area contributed by atoms with E-state index in [1.807, 2.05) is 0 Å². The van der Waals surface area contributed by atoms with Crippen molar-refractivity contribution in [3.63, 3.8) is 0 Å². The number of aliphatic hydroxyl groups excluding tert-OH is 1. The van der Waals surface area contributed by atoms with E-state index in [0.717, 1.165) is 19.0 Å². The summed E-state index contributed by atoms with van der Waals surface area (Å²) in [4.78, 5) is 14.7. The minimum absolute atomic E-state index is 0.0627. The zero-order valence-corrected chi connectivity index (χ0v) is 14.9. The van der Waals surface area contributed by atoms with Crippen LogP contribution in [0.4, 0.5) is 4.79 Å². The third kappa shape index (κ3) is 6.30. The van der Waals surface area contributed by atoms with Crippen LogP contribution in [0.1, 0.15) is 65.2 Å². The Bertz CT molecular complexity index is 367. The van der Waals surface area contributed by atoms with Crippen molar-refractivity contribution < 1.29 is 9.90 Å². The van der Waals surface area contributed by atoms with E-state index in [-0.39, 0.29) is 24.1 Å². The predicted molar refractivity (Wildman–Crippen MR) is 93.5 cm³/mol. The van der Waals surface area contributed by atoms with E-state index >= 15 is 0 Å². The molecule has 3 N–H and O–H groups in total. The maximum absolute atomic E-state index is 12.1. The molecule has 2 aliphatic rings. The quantitative estimate of drug-likeness (QED) is 0.703. The molecule has 1 saturated heterocycles. The average Bonchev–Trinajstić information content (AvgIpc) is 2.54. The van der Waals surface area contributed by atoms with Gasteiger partial charge in [-0.3, -0.25) is 4.90 Å². The zero-order chi connectivity index (χ0) is 16.7. The van der Waals surface area contributed by atoms with Crippen LogP contribution in [0.2, 0.25) is 0 Å². The summed E-state index contributed by atoms with van der Waals surface area (Å²) in [6.45, 7) is 7.07. The van der Waals surface area contributed by atoms with Crippen LogP contribution in [0, 0.1) is 5.41 Å². The highest BCUT2D eigenvalue weighted by Gasteiger charge is 2.28. The Morgan fingerprint density at radius 3 is 2.61 bits per heavy atom. The summed E-state index contributed by atoms with van der Waals surface area (Å²) in [5.41, 5.74) is -0.0627. The molecule has 0 spiro atoms. The highest BCUT2D eigenvalue weighted by Crippen LogP contribution is 2.25. The molecule has 0 bridgehead atoms. The number of aliphatic hydroxyl groups is 1. The van der Waals surface area contributed by atoms with E-state index < -0.39 is 0 Å². The molecular weight excluding hydrogens is 290 g/mol. The van der Waals surface area contributed by atoms with E-state index in [2.05, 4.69) is 29.4 Å². The van der Waals surface area contributed by atoms with Crippen molar-refractivity contribution in [3.05, 3.63) is 0 Å². The molecule has 1 heterocycles. The maximum Gasteiger partial charge on any atom is 0.315 e. The Labute approximate surface area is 141 Å². The largest absolute Gasteiger partial charge is 0.396 e. The van der Waals surface area contributed by atoms with Crippen LogP contribution < -0.4 is 10.6 Å². The number of amides is 2. The zero-order valence-electron chi connectivity index (χ0n) is 14.9. The fourth-order valence-electron chi connectivity index (χ4n) is 3.85. The van der Waals surface area contributed by atoms with Crippen LogP contribution in [0.25, 0.3) is 0 Å². The fraction of sp³-hybridized carbons (Fsp3) is 0.944. The molecule has 2 fully saturated rings. The second-order valence-electron chi connectivity index (χ2n) is 8.09. The lowest BCUT2D eigenvalue weighted by Crippen LogP contribution is -2.53. The standard InChI is InChI=1S/C18H35N3O2/c1-18(2,10-12-22)14-19-17(23)20-15-7-6-11-21(13-15)16-8-4-3-5-9-16/h15-16,22H,3-14H2,1-2H3,(H2,19,20,23). The van der Waals surface area contributed by atoms with Gasteiger partial charge in [0.2, 0.25) is 0 Å². The normalized spacial score (nSPS) is 24.4. The molecule has 5 heteroatoms. The van der Waals surface area contributed by atoms with Crippen LogP contribution in [-0.2, 0) is 0 Å². The van der Waals surface area contributed by atoms with Gasteiger partial charge in [-0.15, -0.1) is 0 Å². The number of nitrogens with zero attached hydrogens (tertiary/aromatic N) is 1. The Balaban J connectivity index is 1.72. The first-order chi connectivity index (χ1) is 11.0. The molecule has 0 aromatic carbocycles. The molecule has 1 aliphatic heterocycles. The smallest absolute Gasteiger partial charge is 0.315 e.